The number of hydrogen-bond donors (Lipinski definition) is 3. The molecule has 9 heteroatoms. The predicted molar refractivity (Wildman–Crippen MR) is 170 cm³/mol. The van der Waals surface area contributed by atoms with Crippen LogP contribution in [0, 0.1) is 0 Å². The smallest absolute Gasteiger partial charge is 0.410 e. The molecule has 2 saturated carbocycles. The lowest BCUT2D eigenvalue weighted by Gasteiger charge is -2.30. The molecule has 9 nitrogen and oxygen atoms in total. The number of carbonyl (C=O) groups excluding carboxylic acids is 2. The van der Waals surface area contributed by atoms with Crippen molar-refractivity contribution in [1.29, 1.82) is 0 Å². The molecule has 3 N–H and O–H groups in total. The van der Waals surface area contributed by atoms with Gasteiger partial charge >= 0.3 is 18.2 Å². The van der Waals surface area contributed by atoms with E-state index in [1.54, 1.807) is 25.7 Å². The molecule has 2 fully saturated rings. The maximum Gasteiger partial charge on any atom is 0.410 e. The number of alkyl carbamates (subject to hydrolysis) is 1. The Hall–Kier alpha value is -2.81. The van der Waals surface area contributed by atoms with E-state index < -0.39 is 29.8 Å². The Morgan fingerprint density at radius 3 is 1.95 bits per heavy atom. The molecule has 0 radical (unpaired) electrons. The van der Waals surface area contributed by atoms with Crippen molar-refractivity contribution in [1.82, 2.24) is 15.5 Å². The van der Waals surface area contributed by atoms with Crippen LogP contribution in [0.1, 0.15) is 124 Å². The number of rotatable bonds is 12. The van der Waals surface area contributed by atoms with Crippen LogP contribution in [0.15, 0.2) is 30.3 Å². The van der Waals surface area contributed by atoms with E-state index in [9.17, 15) is 19.5 Å². The molecule has 0 heterocycles. The van der Waals surface area contributed by atoms with Gasteiger partial charge in [0, 0.05) is 24.7 Å². The summed E-state index contributed by atoms with van der Waals surface area (Å²) in [7, 11) is 0. The number of benzene rings is 1. The third-order valence-corrected chi connectivity index (χ3v) is 7.88. The first-order valence-electron chi connectivity index (χ1n) is 16.4. The molecule has 1 aromatic rings. The lowest BCUT2D eigenvalue weighted by molar-refractivity contribution is -0.139. The lowest BCUT2D eigenvalue weighted by Crippen LogP contribution is -2.43. The highest BCUT2D eigenvalue weighted by molar-refractivity contribution is 5.79. The summed E-state index contributed by atoms with van der Waals surface area (Å²) in [6, 6.07) is 10.1. The van der Waals surface area contributed by atoms with Gasteiger partial charge in [0.1, 0.15) is 18.2 Å². The van der Waals surface area contributed by atoms with Gasteiger partial charge in [-0.2, -0.15) is 0 Å². The Morgan fingerprint density at radius 2 is 1.47 bits per heavy atom. The van der Waals surface area contributed by atoms with Crippen molar-refractivity contribution in [2.24, 2.45) is 0 Å². The van der Waals surface area contributed by atoms with Crippen LogP contribution in [-0.4, -0.2) is 64.5 Å². The number of ether oxygens (including phenoxy) is 2. The molecule has 0 unspecified atom stereocenters. The number of aliphatic carboxylic acids is 1. The third kappa shape index (κ3) is 16.0. The fraction of sp³-hybridized carbons (Fsp3) is 0.735. The summed E-state index contributed by atoms with van der Waals surface area (Å²) < 4.78 is 10.5. The van der Waals surface area contributed by atoms with Crippen molar-refractivity contribution in [3.8, 4) is 0 Å². The average molecular weight is 604 g/mol. The van der Waals surface area contributed by atoms with Gasteiger partial charge in [0.2, 0.25) is 0 Å². The number of carbonyl (C=O) groups is 3. The molecular formula is C34H57N3O6. The molecule has 2 amide bonds. The zero-order chi connectivity index (χ0) is 31.7. The highest BCUT2D eigenvalue weighted by Gasteiger charge is 2.24. The number of unbranched alkanes of at least 4 members (excludes halogenated alkanes) is 1. The van der Waals surface area contributed by atoms with Gasteiger partial charge < -0.3 is 30.1 Å². The second kappa shape index (κ2) is 19.5. The maximum atomic E-state index is 12.4. The zero-order valence-electron chi connectivity index (χ0n) is 27.2. The van der Waals surface area contributed by atoms with Gasteiger partial charge in [0.05, 0.1) is 0 Å². The van der Waals surface area contributed by atoms with E-state index in [4.69, 9.17) is 9.47 Å². The quantitative estimate of drug-likeness (QED) is 0.213. The number of carboxylic acid groups (broad SMARTS) is 1. The highest BCUT2D eigenvalue weighted by atomic mass is 16.6. The molecular weight excluding hydrogens is 546 g/mol. The van der Waals surface area contributed by atoms with Crippen molar-refractivity contribution < 1.29 is 29.0 Å². The largest absolute Gasteiger partial charge is 0.480 e. The molecule has 2 aliphatic rings. The molecule has 0 aliphatic heterocycles. The molecule has 0 bridgehead atoms. The van der Waals surface area contributed by atoms with Gasteiger partial charge in [0.15, 0.2) is 0 Å². The Labute approximate surface area is 259 Å². The van der Waals surface area contributed by atoms with Crippen LogP contribution < -0.4 is 10.6 Å². The maximum absolute atomic E-state index is 12.4. The molecule has 0 saturated heterocycles. The van der Waals surface area contributed by atoms with E-state index in [1.807, 2.05) is 44.2 Å². The Morgan fingerprint density at radius 1 is 0.907 bits per heavy atom. The summed E-state index contributed by atoms with van der Waals surface area (Å²) in [5, 5.41) is 15.6. The van der Waals surface area contributed by atoms with Crippen molar-refractivity contribution >= 4 is 18.2 Å². The summed E-state index contributed by atoms with van der Waals surface area (Å²) >= 11 is 0. The normalized spacial score (nSPS) is 16.9. The number of nitrogens with one attached hydrogen (secondary N) is 2. The Balaban J connectivity index is 0.000000407. The van der Waals surface area contributed by atoms with E-state index in [0.717, 1.165) is 17.6 Å². The third-order valence-electron chi connectivity index (χ3n) is 7.88. The SMILES string of the molecule is C1CCC(NC2CCCCC2)CC1.CC(C)N(CCCC[C@H](NC(=O)OC(C)(C)C)C(=O)O)C(=O)OCc1ccccc1. The topological polar surface area (TPSA) is 117 Å². The molecule has 3 rings (SSSR count). The molecule has 0 spiro atoms. The van der Waals surface area contributed by atoms with E-state index >= 15 is 0 Å². The summed E-state index contributed by atoms with van der Waals surface area (Å²) in [6.45, 7) is 9.55. The second-order valence-corrected chi connectivity index (χ2v) is 13.2. The minimum atomic E-state index is -1.12. The van der Waals surface area contributed by atoms with Crippen LogP contribution in [0.4, 0.5) is 9.59 Å². The first-order chi connectivity index (χ1) is 20.4. The first kappa shape index (κ1) is 36.4. The van der Waals surface area contributed by atoms with Crippen molar-refractivity contribution in [3.05, 3.63) is 35.9 Å². The van der Waals surface area contributed by atoms with Crippen LogP contribution in [0.3, 0.4) is 0 Å². The lowest BCUT2D eigenvalue weighted by atomic mass is 9.91. The minimum absolute atomic E-state index is 0.0524. The zero-order valence-corrected chi connectivity index (χ0v) is 27.2. The van der Waals surface area contributed by atoms with Crippen LogP contribution >= 0.6 is 0 Å². The summed E-state index contributed by atoms with van der Waals surface area (Å²) in [5.74, 6) is -1.12. The monoisotopic (exact) mass is 603 g/mol. The minimum Gasteiger partial charge on any atom is -0.480 e. The first-order valence-corrected chi connectivity index (χ1v) is 16.4. The van der Waals surface area contributed by atoms with E-state index in [-0.39, 0.29) is 19.1 Å². The van der Waals surface area contributed by atoms with Crippen molar-refractivity contribution in [3.63, 3.8) is 0 Å². The van der Waals surface area contributed by atoms with Gasteiger partial charge in [-0.3, -0.25) is 0 Å². The number of carboxylic acids is 1. The molecule has 43 heavy (non-hydrogen) atoms. The molecule has 2 aliphatic carbocycles. The summed E-state index contributed by atoms with van der Waals surface area (Å²) in [4.78, 5) is 37.2. The average Bonchev–Trinajstić information content (AvgIpc) is 2.96. The van der Waals surface area contributed by atoms with Gasteiger partial charge in [-0.15, -0.1) is 0 Å². The van der Waals surface area contributed by atoms with Crippen molar-refractivity contribution in [2.75, 3.05) is 6.54 Å². The summed E-state index contributed by atoms with van der Waals surface area (Å²) in [6.07, 6.45) is 14.7. The van der Waals surface area contributed by atoms with Crippen LogP contribution in [0.2, 0.25) is 0 Å². The molecule has 1 aromatic carbocycles. The molecule has 244 valence electrons. The van der Waals surface area contributed by atoms with Crippen LogP contribution in [0.5, 0.6) is 0 Å². The molecule has 0 aromatic heterocycles. The van der Waals surface area contributed by atoms with E-state index in [2.05, 4.69) is 10.6 Å². The standard InChI is InChI=1S/C22H34N2O6.C12H23N/c1-16(2)24(21(28)29-15-17-11-7-6-8-12-17)14-10-9-13-18(19(25)26)23-20(27)30-22(3,4)5;1-3-7-11(8-4-1)13-12-9-5-2-6-10-12/h6-8,11-12,16,18H,9-10,13-15H2,1-5H3,(H,23,27)(H,25,26);11-13H,1-10H2/t18-;/m0./s1. The van der Waals surface area contributed by atoms with Gasteiger partial charge in [0.25, 0.3) is 0 Å². The fourth-order valence-electron chi connectivity index (χ4n) is 5.57. The van der Waals surface area contributed by atoms with E-state index in [1.165, 1.54) is 64.2 Å². The molecule has 1 atom stereocenters. The number of amides is 2. The number of hydrogen-bond acceptors (Lipinski definition) is 6. The summed E-state index contributed by atoms with van der Waals surface area (Å²) in [5.41, 5.74) is 0.206. The predicted octanol–water partition coefficient (Wildman–Crippen LogP) is 7.42. The second-order valence-electron chi connectivity index (χ2n) is 13.2. The van der Waals surface area contributed by atoms with Gasteiger partial charge in [-0.1, -0.05) is 68.9 Å². The van der Waals surface area contributed by atoms with Crippen LogP contribution in [-0.2, 0) is 20.9 Å². The van der Waals surface area contributed by atoms with Gasteiger partial charge in [-0.05, 0) is 85.1 Å². The van der Waals surface area contributed by atoms with E-state index in [0.29, 0.717) is 19.4 Å². The Bertz CT molecular complexity index is 921. The van der Waals surface area contributed by atoms with Crippen LogP contribution in [0.25, 0.3) is 0 Å². The van der Waals surface area contributed by atoms with Crippen molar-refractivity contribution in [2.45, 2.75) is 154 Å². The fourth-order valence-corrected chi connectivity index (χ4v) is 5.57. The highest BCUT2D eigenvalue weighted by Crippen LogP contribution is 2.22. The van der Waals surface area contributed by atoms with Gasteiger partial charge in [-0.25, -0.2) is 14.4 Å². The number of nitrogens with zero attached hydrogens (tertiary/aromatic N) is 1. The Kier molecular flexibility index (Phi) is 16.5.